The highest BCUT2D eigenvalue weighted by molar-refractivity contribution is 7.98. The summed E-state index contributed by atoms with van der Waals surface area (Å²) in [6, 6.07) is 18.9. The minimum Gasteiger partial charge on any atom is -0.491 e. The summed E-state index contributed by atoms with van der Waals surface area (Å²) in [4.78, 5) is 8.27. The van der Waals surface area contributed by atoms with Gasteiger partial charge in [0.15, 0.2) is 5.79 Å². The first-order chi connectivity index (χ1) is 20.5. The summed E-state index contributed by atoms with van der Waals surface area (Å²) < 4.78 is 63.6. The topological polar surface area (TPSA) is 140 Å². The minimum atomic E-state index is -4.80. The maximum atomic E-state index is 13.8. The van der Waals surface area contributed by atoms with Gasteiger partial charge in [-0.25, -0.2) is 9.97 Å². The summed E-state index contributed by atoms with van der Waals surface area (Å²) in [5.74, 6) is -2.08. The largest absolute Gasteiger partial charge is 0.491 e. The van der Waals surface area contributed by atoms with Crippen molar-refractivity contribution in [3.05, 3.63) is 77.2 Å². The van der Waals surface area contributed by atoms with E-state index >= 15 is 0 Å². The highest BCUT2D eigenvalue weighted by atomic mass is 32.2. The fourth-order valence-corrected chi connectivity index (χ4v) is 5.38. The van der Waals surface area contributed by atoms with Gasteiger partial charge in [-0.3, -0.25) is 0 Å². The van der Waals surface area contributed by atoms with Crippen LogP contribution in [-0.4, -0.2) is 35.1 Å². The molecule has 43 heavy (non-hydrogen) atoms. The van der Waals surface area contributed by atoms with Crippen LogP contribution < -0.4 is 10.5 Å². The van der Waals surface area contributed by atoms with Crippen LogP contribution in [0.4, 0.5) is 19.0 Å². The number of pyridine rings is 1. The van der Waals surface area contributed by atoms with Crippen LogP contribution in [0.3, 0.4) is 0 Å². The Bertz CT molecular complexity index is 1710. The molecule has 0 spiro atoms. The molecule has 0 radical (unpaired) electrons. The Morgan fingerprint density at radius 1 is 1.02 bits per heavy atom. The lowest BCUT2D eigenvalue weighted by Gasteiger charge is -2.17. The summed E-state index contributed by atoms with van der Waals surface area (Å²) >= 11 is 0.835. The first kappa shape index (κ1) is 29.9. The van der Waals surface area contributed by atoms with Crippen molar-refractivity contribution in [1.29, 1.82) is 10.5 Å². The third kappa shape index (κ3) is 6.60. The van der Waals surface area contributed by atoms with Crippen LogP contribution in [0.5, 0.6) is 5.75 Å². The first-order valence-electron chi connectivity index (χ1n) is 12.9. The molecule has 0 saturated carbocycles. The Morgan fingerprint density at radius 3 is 2.33 bits per heavy atom. The number of alkyl halides is 3. The number of nitrogens with two attached hydrogens (primary N) is 1. The van der Waals surface area contributed by atoms with Crippen LogP contribution in [0, 0.1) is 22.7 Å². The fourth-order valence-electron chi connectivity index (χ4n) is 4.46. The molecule has 3 heterocycles. The molecule has 1 atom stereocenters. The maximum Gasteiger partial charge on any atom is 0.451 e. The van der Waals surface area contributed by atoms with Crippen molar-refractivity contribution >= 4 is 17.6 Å². The Morgan fingerprint density at radius 2 is 1.72 bits per heavy atom. The predicted octanol–water partition coefficient (Wildman–Crippen LogP) is 6.57. The number of hydrogen-bond donors (Lipinski definition) is 1. The number of thioether (sulfide) groups is 1. The van der Waals surface area contributed by atoms with Gasteiger partial charge in [-0.05, 0) is 43.7 Å². The van der Waals surface area contributed by atoms with Crippen LogP contribution in [0.15, 0.2) is 64.0 Å². The van der Waals surface area contributed by atoms with Crippen molar-refractivity contribution in [2.24, 2.45) is 0 Å². The van der Waals surface area contributed by atoms with Gasteiger partial charge in [-0.15, -0.1) is 0 Å². The Balaban J connectivity index is 1.42. The number of nitriles is 2. The van der Waals surface area contributed by atoms with Gasteiger partial charge < -0.3 is 24.4 Å². The maximum absolute atomic E-state index is 13.8. The smallest absolute Gasteiger partial charge is 0.451 e. The summed E-state index contributed by atoms with van der Waals surface area (Å²) in [5, 5.41) is 20.0. The van der Waals surface area contributed by atoms with Gasteiger partial charge in [0.2, 0.25) is 11.7 Å². The molecule has 4 aromatic rings. The van der Waals surface area contributed by atoms with Crippen LogP contribution in [0.2, 0.25) is 0 Å². The van der Waals surface area contributed by atoms with E-state index in [-0.39, 0.29) is 57.6 Å². The van der Waals surface area contributed by atoms with Crippen molar-refractivity contribution in [2.45, 2.75) is 42.7 Å². The SMILES string of the molecule is CC1(C)OC[C@H](COc2ccc(-c3c(C#N)c(N)nc(SCc4nc(-c5ccccc5)oc4C(F)(F)F)c3C#N)cc2)O1. The average molecular weight is 608 g/mol. The highest BCUT2D eigenvalue weighted by Crippen LogP contribution is 2.40. The number of anilines is 1. The molecule has 2 aromatic heterocycles. The van der Waals surface area contributed by atoms with Gasteiger partial charge in [0.05, 0.1) is 12.2 Å². The van der Waals surface area contributed by atoms with Gasteiger partial charge in [0.1, 0.15) is 52.7 Å². The first-order valence-corrected chi connectivity index (χ1v) is 13.9. The van der Waals surface area contributed by atoms with E-state index in [9.17, 15) is 23.7 Å². The standard InChI is InChI=1S/C30H24F3N5O4S/c1-29(2)40-15-20(42-29)14-39-19-10-8-17(9-11-19)24-21(12-34)26(36)38-28(22(24)13-35)43-16-23-25(30(31,32)33)41-27(37-23)18-6-4-3-5-7-18/h3-11,20H,14-16H2,1-2H3,(H2,36,38)/t20-/m0/s1. The average Bonchev–Trinajstić information content (AvgIpc) is 3.58. The molecule has 1 fully saturated rings. The molecule has 1 saturated heterocycles. The van der Waals surface area contributed by atoms with Crippen molar-refractivity contribution in [1.82, 2.24) is 9.97 Å². The summed E-state index contributed by atoms with van der Waals surface area (Å²) in [5.41, 5.74) is 6.75. The van der Waals surface area contributed by atoms with E-state index in [2.05, 4.69) is 9.97 Å². The molecule has 13 heteroatoms. The van der Waals surface area contributed by atoms with E-state index in [1.165, 1.54) is 0 Å². The molecular weight excluding hydrogens is 583 g/mol. The molecule has 0 aliphatic carbocycles. The molecule has 2 N–H and O–H groups in total. The van der Waals surface area contributed by atoms with E-state index in [1.54, 1.807) is 54.6 Å². The summed E-state index contributed by atoms with van der Waals surface area (Å²) in [7, 11) is 0. The van der Waals surface area contributed by atoms with E-state index < -0.39 is 17.7 Å². The van der Waals surface area contributed by atoms with Crippen LogP contribution in [0.25, 0.3) is 22.6 Å². The lowest BCUT2D eigenvalue weighted by Crippen LogP contribution is -2.25. The minimum absolute atomic E-state index is 0.0107. The quantitative estimate of drug-likeness (QED) is 0.219. The number of ether oxygens (including phenoxy) is 3. The van der Waals surface area contributed by atoms with Gasteiger partial charge in [-0.1, -0.05) is 42.1 Å². The van der Waals surface area contributed by atoms with Crippen molar-refractivity contribution < 1.29 is 31.8 Å². The van der Waals surface area contributed by atoms with Crippen molar-refractivity contribution in [2.75, 3.05) is 18.9 Å². The zero-order valence-electron chi connectivity index (χ0n) is 22.9. The third-order valence-corrected chi connectivity index (χ3v) is 7.37. The predicted molar refractivity (Wildman–Crippen MR) is 150 cm³/mol. The Hall–Kier alpha value is -4.56. The Kier molecular flexibility index (Phi) is 8.33. The number of hydrogen-bond acceptors (Lipinski definition) is 10. The zero-order chi connectivity index (χ0) is 30.8. The zero-order valence-corrected chi connectivity index (χ0v) is 23.8. The molecule has 9 nitrogen and oxygen atoms in total. The molecule has 0 amide bonds. The number of aromatic nitrogens is 2. The normalized spacial score (nSPS) is 16.0. The second-order valence-electron chi connectivity index (χ2n) is 9.88. The molecule has 2 aromatic carbocycles. The molecule has 220 valence electrons. The van der Waals surface area contributed by atoms with Crippen LogP contribution in [0.1, 0.15) is 36.4 Å². The molecule has 1 aliphatic rings. The molecule has 1 aliphatic heterocycles. The van der Waals surface area contributed by atoms with E-state index in [1.807, 2.05) is 26.0 Å². The summed E-state index contributed by atoms with van der Waals surface area (Å²) in [6.07, 6.45) is -5.04. The summed E-state index contributed by atoms with van der Waals surface area (Å²) in [6.45, 7) is 4.28. The number of nitrogen functional groups attached to an aromatic ring is 1. The fraction of sp³-hybridized carbons (Fsp3) is 0.267. The number of benzene rings is 2. The van der Waals surface area contributed by atoms with Crippen LogP contribution >= 0.6 is 11.8 Å². The lowest BCUT2D eigenvalue weighted by atomic mass is 9.97. The highest BCUT2D eigenvalue weighted by Gasteiger charge is 2.40. The van der Waals surface area contributed by atoms with E-state index in [0.717, 1.165) is 11.8 Å². The second-order valence-corrected chi connectivity index (χ2v) is 10.8. The monoisotopic (exact) mass is 607 g/mol. The lowest BCUT2D eigenvalue weighted by molar-refractivity contribution is -0.153. The van der Waals surface area contributed by atoms with Crippen LogP contribution in [-0.2, 0) is 21.4 Å². The molecule has 0 bridgehead atoms. The second kappa shape index (κ2) is 12.0. The van der Waals surface area contributed by atoms with Gasteiger partial charge in [0, 0.05) is 16.9 Å². The van der Waals surface area contributed by atoms with Gasteiger partial charge in [-0.2, -0.15) is 23.7 Å². The van der Waals surface area contributed by atoms with Crippen molar-refractivity contribution in [3.8, 4) is 40.5 Å². The molecule has 5 rings (SSSR count). The number of nitrogens with zero attached hydrogens (tertiary/aromatic N) is 4. The molecule has 0 unspecified atom stereocenters. The number of halogens is 3. The molecular formula is C30H24F3N5O4S. The van der Waals surface area contributed by atoms with Crippen molar-refractivity contribution in [3.63, 3.8) is 0 Å². The number of rotatable bonds is 8. The number of oxazole rings is 1. The van der Waals surface area contributed by atoms with E-state index in [0.29, 0.717) is 23.5 Å². The van der Waals surface area contributed by atoms with Gasteiger partial charge >= 0.3 is 6.18 Å². The van der Waals surface area contributed by atoms with E-state index in [4.69, 9.17) is 24.4 Å². The Labute approximate surface area is 249 Å². The third-order valence-electron chi connectivity index (χ3n) is 6.38. The van der Waals surface area contributed by atoms with Gasteiger partial charge in [0.25, 0.3) is 0 Å².